The minimum Gasteiger partial charge on any atom is -0.492 e. The van der Waals surface area contributed by atoms with Crippen LogP contribution >= 0.6 is 15.9 Å². The van der Waals surface area contributed by atoms with Crippen LogP contribution in [0.25, 0.3) is 0 Å². The highest BCUT2D eigenvalue weighted by molar-refractivity contribution is 9.09. The van der Waals surface area contributed by atoms with E-state index in [1.807, 2.05) is 24.3 Å². The van der Waals surface area contributed by atoms with E-state index in [4.69, 9.17) is 4.74 Å². The molecular formula is C12H14BrNO2. The lowest BCUT2D eigenvalue weighted by atomic mass is 9.96. The van der Waals surface area contributed by atoms with Crippen LogP contribution in [0.5, 0.6) is 5.75 Å². The van der Waals surface area contributed by atoms with Crippen molar-refractivity contribution in [2.45, 2.75) is 6.42 Å². The van der Waals surface area contributed by atoms with Gasteiger partial charge in [0.2, 0.25) is 5.91 Å². The highest BCUT2D eigenvalue weighted by atomic mass is 79.9. The van der Waals surface area contributed by atoms with Gasteiger partial charge in [-0.15, -0.1) is 0 Å². The van der Waals surface area contributed by atoms with E-state index < -0.39 is 0 Å². The molecule has 0 spiro atoms. The lowest BCUT2D eigenvalue weighted by Gasteiger charge is -2.24. The molecule has 86 valence electrons. The maximum absolute atomic E-state index is 11.8. The van der Waals surface area contributed by atoms with Crippen molar-refractivity contribution in [2.75, 3.05) is 18.5 Å². The first-order valence-electron chi connectivity index (χ1n) is 5.35. The Kier molecular flexibility index (Phi) is 3.83. The standard InChI is InChI=1S/C12H14BrNO2/c13-5-6-14-12(15)10-7-9-3-1-2-4-11(9)16-8-10/h1-4,10H,5-8H2,(H,14,15). The summed E-state index contributed by atoms with van der Waals surface area (Å²) in [5.74, 6) is 0.926. The van der Waals surface area contributed by atoms with E-state index in [1.165, 1.54) is 0 Å². The van der Waals surface area contributed by atoms with Gasteiger partial charge in [-0.1, -0.05) is 34.1 Å². The van der Waals surface area contributed by atoms with Crippen molar-refractivity contribution in [2.24, 2.45) is 5.92 Å². The Hall–Kier alpha value is -1.03. The lowest BCUT2D eigenvalue weighted by Crippen LogP contribution is -2.38. The third-order valence-electron chi connectivity index (χ3n) is 2.64. The summed E-state index contributed by atoms with van der Waals surface area (Å²) >= 11 is 3.28. The van der Waals surface area contributed by atoms with Crippen LogP contribution in [-0.4, -0.2) is 24.4 Å². The average molecular weight is 284 g/mol. The minimum atomic E-state index is -0.0612. The maximum Gasteiger partial charge on any atom is 0.226 e. The number of rotatable bonds is 3. The number of carbonyl (C=O) groups is 1. The molecule has 1 aliphatic heterocycles. The molecule has 1 aromatic rings. The molecule has 0 fully saturated rings. The first-order chi connectivity index (χ1) is 7.81. The molecule has 1 aromatic carbocycles. The van der Waals surface area contributed by atoms with Crippen LogP contribution in [0.3, 0.4) is 0 Å². The van der Waals surface area contributed by atoms with Crippen LogP contribution in [0.4, 0.5) is 0 Å². The zero-order valence-electron chi connectivity index (χ0n) is 8.91. The van der Waals surface area contributed by atoms with Gasteiger partial charge in [0.05, 0.1) is 5.92 Å². The SMILES string of the molecule is O=C(NCCBr)C1COc2ccccc2C1. The number of ether oxygens (including phenoxy) is 1. The topological polar surface area (TPSA) is 38.3 Å². The summed E-state index contributed by atoms with van der Waals surface area (Å²) in [6.07, 6.45) is 0.768. The Bertz CT molecular complexity index is 381. The molecule has 0 radical (unpaired) electrons. The van der Waals surface area contributed by atoms with Crippen molar-refractivity contribution in [3.05, 3.63) is 29.8 Å². The van der Waals surface area contributed by atoms with Gasteiger partial charge in [-0.3, -0.25) is 4.79 Å². The van der Waals surface area contributed by atoms with Crippen molar-refractivity contribution < 1.29 is 9.53 Å². The molecule has 1 heterocycles. The summed E-state index contributed by atoms with van der Waals surface area (Å²) in [4.78, 5) is 11.8. The number of halogens is 1. The average Bonchev–Trinajstić information content (AvgIpc) is 2.35. The van der Waals surface area contributed by atoms with Crippen LogP contribution < -0.4 is 10.1 Å². The van der Waals surface area contributed by atoms with Crippen LogP contribution in [0.2, 0.25) is 0 Å². The van der Waals surface area contributed by atoms with Crippen LogP contribution in [0, 0.1) is 5.92 Å². The van der Waals surface area contributed by atoms with E-state index in [2.05, 4.69) is 21.2 Å². The molecule has 3 nitrogen and oxygen atoms in total. The normalized spacial score (nSPS) is 18.4. The summed E-state index contributed by atoms with van der Waals surface area (Å²) in [5.41, 5.74) is 1.12. The van der Waals surface area contributed by atoms with Gasteiger partial charge in [-0.2, -0.15) is 0 Å². The van der Waals surface area contributed by atoms with E-state index in [9.17, 15) is 4.79 Å². The van der Waals surface area contributed by atoms with Crippen molar-refractivity contribution in [3.8, 4) is 5.75 Å². The molecule has 1 N–H and O–H groups in total. The summed E-state index contributed by atoms with van der Waals surface area (Å²) < 4.78 is 5.56. The van der Waals surface area contributed by atoms with Crippen LogP contribution in [-0.2, 0) is 11.2 Å². The summed E-state index contributed by atoms with van der Waals surface area (Å²) in [6, 6.07) is 7.88. The highest BCUT2D eigenvalue weighted by Crippen LogP contribution is 2.26. The number of hydrogen-bond acceptors (Lipinski definition) is 2. The second kappa shape index (κ2) is 5.34. The van der Waals surface area contributed by atoms with E-state index >= 15 is 0 Å². The third kappa shape index (κ3) is 2.55. The molecule has 0 aliphatic carbocycles. The van der Waals surface area contributed by atoms with Gasteiger partial charge < -0.3 is 10.1 Å². The van der Waals surface area contributed by atoms with E-state index in [1.54, 1.807) is 0 Å². The lowest BCUT2D eigenvalue weighted by molar-refractivity contribution is -0.126. The molecule has 16 heavy (non-hydrogen) atoms. The van der Waals surface area contributed by atoms with Gasteiger partial charge in [0, 0.05) is 11.9 Å². The number of fused-ring (bicyclic) bond motifs is 1. The smallest absolute Gasteiger partial charge is 0.226 e. The zero-order valence-corrected chi connectivity index (χ0v) is 10.5. The number of hydrogen-bond donors (Lipinski definition) is 1. The van der Waals surface area contributed by atoms with E-state index in [0.717, 1.165) is 23.1 Å². The molecular weight excluding hydrogens is 270 g/mol. The Balaban J connectivity index is 1.99. The van der Waals surface area contributed by atoms with Gasteiger partial charge in [-0.25, -0.2) is 0 Å². The predicted octanol–water partition coefficient (Wildman–Crippen LogP) is 1.75. The predicted molar refractivity (Wildman–Crippen MR) is 65.9 cm³/mol. The minimum absolute atomic E-state index is 0.0612. The Labute approximate surface area is 103 Å². The molecule has 4 heteroatoms. The first kappa shape index (κ1) is 11.5. The van der Waals surface area contributed by atoms with Crippen molar-refractivity contribution in [1.29, 1.82) is 0 Å². The summed E-state index contributed by atoms with van der Waals surface area (Å²) in [7, 11) is 0. The van der Waals surface area contributed by atoms with Gasteiger partial charge in [0.1, 0.15) is 12.4 Å². The Morgan fingerprint density at radius 2 is 2.31 bits per heavy atom. The molecule has 1 aliphatic rings. The summed E-state index contributed by atoms with van der Waals surface area (Å²) in [6.45, 7) is 1.14. The van der Waals surface area contributed by atoms with Gasteiger partial charge in [0.15, 0.2) is 0 Å². The fourth-order valence-electron chi connectivity index (χ4n) is 1.81. The monoisotopic (exact) mass is 283 g/mol. The van der Waals surface area contributed by atoms with Gasteiger partial charge in [-0.05, 0) is 18.1 Å². The highest BCUT2D eigenvalue weighted by Gasteiger charge is 2.25. The fourth-order valence-corrected chi connectivity index (χ4v) is 2.01. The molecule has 2 rings (SSSR count). The zero-order chi connectivity index (χ0) is 11.4. The molecule has 0 saturated carbocycles. The molecule has 0 aromatic heterocycles. The van der Waals surface area contributed by atoms with E-state index in [0.29, 0.717) is 13.2 Å². The van der Waals surface area contributed by atoms with Crippen molar-refractivity contribution in [3.63, 3.8) is 0 Å². The Morgan fingerprint density at radius 3 is 3.12 bits per heavy atom. The summed E-state index contributed by atoms with van der Waals surface area (Å²) in [5, 5.41) is 3.65. The van der Waals surface area contributed by atoms with Crippen molar-refractivity contribution >= 4 is 21.8 Å². The number of alkyl halides is 1. The number of benzene rings is 1. The second-order valence-corrected chi connectivity index (χ2v) is 4.59. The van der Waals surface area contributed by atoms with E-state index in [-0.39, 0.29) is 11.8 Å². The maximum atomic E-state index is 11.8. The second-order valence-electron chi connectivity index (χ2n) is 3.80. The molecule has 0 bridgehead atoms. The molecule has 1 amide bonds. The number of para-hydroxylation sites is 1. The van der Waals surface area contributed by atoms with Crippen LogP contribution in [0.1, 0.15) is 5.56 Å². The van der Waals surface area contributed by atoms with Gasteiger partial charge in [0.25, 0.3) is 0 Å². The quantitative estimate of drug-likeness (QED) is 0.859. The van der Waals surface area contributed by atoms with Crippen LogP contribution in [0.15, 0.2) is 24.3 Å². The molecule has 1 unspecified atom stereocenters. The Morgan fingerprint density at radius 1 is 1.50 bits per heavy atom. The van der Waals surface area contributed by atoms with Crippen molar-refractivity contribution in [1.82, 2.24) is 5.32 Å². The number of carbonyl (C=O) groups excluding carboxylic acids is 1. The molecule has 1 atom stereocenters. The number of nitrogens with one attached hydrogen (secondary N) is 1. The van der Waals surface area contributed by atoms with Gasteiger partial charge >= 0.3 is 0 Å². The first-order valence-corrected chi connectivity index (χ1v) is 6.48. The number of amides is 1. The fraction of sp³-hybridized carbons (Fsp3) is 0.417. The third-order valence-corrected chi connectivity index (χ3v) is 3.04. The molecule has 0 saturated heterocycles. The largest absolute Gasteiger partial charge is 0.492 e.